The number of pyridine rings is 1. The van der Waals surface area contributed by atoms with Crippen LogP contribution in [0.5, 0.6) is 5.75 Å². The summed E-state index contributed by atoms with van der Waals surface area (Å²) in [6.07, 6.45) is 0.0665. The maximum absolute atomic E-state index is 14.0. The molecule has 1 aromatic heterocycles. The summed E-state index contributed by atoms with van der Waals surface area (Å²) >= 11 is 0. The molecule has 3 heterocycles. The van der Waals surface area contributed by atoms with Gasteiger partial charge in [-0.2, -0.15) is 18.4 Å². The van der Waals surface area contributed by atoms with Gasteiger partial charge < -0.3 is 25.6 Å². The molecule has 4 amide bonds. The lowest BCUT2D eigenvalue weighted by Crippen LogP contribution is -2.59. The summed E-state index contributed by atoms with van der Waals surface area (Å²) < 4.78 is 44.5. The van der Waals surface area contributed by atoms with Crippen LogP contribution in [0.15, 0.2) is 30.6 Å². The Balaban J connectivity index is 1.35. The number of rotatable bonds is 7. The quantitative estimate of drug-likeness (QED) is 0.405. The third-order valence-electron chi connectivity index (χ3n) is 8.65. The van der Waals surface area contributed by atoms with Gasteiger partial charge in [-0.15, -0.1) is 0 Å². The standard InChI is InChI=1S/C29H33F3N6O5/c1-28(2,3)24(37-21(39)10-29(30,31)32)27(42)38-13-17-14-4-5-15(8-14)22(17)23(38)26(41)35-16(11-33)9-20-25(40)36-18-12-34-7-6-19(18)43-20/h4-7,12,14-17,20,22-24H,8-10,13H2,1-3H3,(H,35,41)(H,36,40)(H,37,39)/t14-,15+,16+,17-,20+,22+,23+,24-/m1/s1. The normalized spacial score (nSPS) is 28.6. The molecular weight excluding hydrogens is 569 g/mol. The molecule has 2 fully saturated rings. The van der Waals surface area contributed by atoms with Crippen molar-refractivity contribution in [3.8, 4) is 11.8 Å². The van der Waals surface area contributed by atoms with E-state index in [1.807, 2.05) is 12.1 Å². The van der Waals surface area contributed by atoms with Gasteiger partial charge in [0.15, 0.2) is 6.10 Å². The van der Waals surface area contributed by atoms with E-state index in [4.69, 9.17) is 4.74 Å². The van der Waals surface area contributed by atoms with Crippen molar-refractivity contribution in [3.05, 3.63) is 30.6 Å². The van der Waals surface area contributed by atoms with Crippen LogP contribution in [0.2, 0.25) is 0 Å². The van der Waals surface area contributed by atoms with Crippen molar-refractivity contribution in [1.29, 1.82) is 5.26 Å². The highest BCUT2D eigenvalue weighted by molar-refractivity contribution is 5.98. The summed E-state index contributed by atoms with van der Waals surface area (Å²) in [7, 11) is 0. The van der Waals surface area contributed by atoms with E-state index in [1.165, 1.54) is 17.3 Å². The highest BCUT2D eigenvalue weighted by Crippen LogP contribution is 2.54. The molecule has 0 radical (unpaired) electrons. The van der Waals surface area contributed by atoms with Crippen molar-refractivity contribution >= 4 is 29.3 Å². The van der Waals surface area contributed by atoms with E-state index in [9.17, 15) is 37.6 Å². The average Bonchev–Trinajstić information content (AvgIpc) is 3.62. The molecule has 1 aromatic rings. The van der Waals surface area contributed by atoms with Gasteiger partial charge in [-0.05, 0) is 35.5 Å². The molecule has 3 N–H and O–H groups in total. The predicted molar refractivity (Wildman–Crippen MR) is 145 cm³/mol. The van der Waals surface area contributed by atoms with Crippen LogP contribution in [0.1, 0.15) is 40.0 Å². The predicted octanol–water partition coefficient (Wildman–Crippen LogP) is 2.31. The van der Waals surface area contributed by atoms with Crippen LogP contribution in [0.3, 0.4) is 0 Å². The fourth-order valence-electron chi connectivity index (χ4n) is 6.76. The second kappa shape index (κ2) is 11.2. The Morgan fingerprint density at radius 3 is 2.60 bits per heavy atom. The van der Waals surface area contributed by atoms with Crippen molar-refractivity contribution in [2.24, 2.45) is 29.1 Å². The van der Waals surface area contributed by atoms with Gasteiger partial charge in [0.25, 0.3) is 5.91 Å². The van der Waals surface area contributed by atoms with Gasteiger partial charge >= 0.3 is 6.18 Å². The number of hydrogen-bond acceptors (Lipinski definition) is 7. The number of fused-ring (bicyclic) bond motifs is 6. The number of likely N-dealkylation sites (tertiary alicyclic amines) is 1. The molecule has 0 spiro atoms. The van der Waals surface area contributed by atoms with E-state index >= 15 is 0 Å². The van der Waals surface area contributed by atoms with Gasteiger partial charge in [-0.3, -0.25) is 24.2 Å². The smallest absolute Gasteiger partial charge is 0.397 e. The second-order valence-electron chi connectivity index (χ2n) is 12.7. The van der Waals surface area contributed by atoms with E-state index < -0.39 is 65.9 Å². The minimum atomic E-state index is -4.75. The monoisotopic (exact) mass is 602 g/mol. The van der Waals surface area contributed by atoms with Gasteiger partial charge in [0.1, 0.15) is 36.0 Å². The first-order valence-electron chi connectivity index (χ1n) is 14.1. The van der Waals surface area contributed by atoms with E-state index in [-0.39, 0.29) is 36.6 Å². The zero-order valence-electron chi connectivity index (χ0n) is 23.9. The number of allylic oxidation sites excluding steroid dienone is 2. The number of anilines is 1. The summed E-state index contributed by atoms with van der Waals surface area (Å²) in [6, 6.07) is 0.0521. The number of nitrogens with zero attached hydrogens (tertiary/aromatic N) is 3. The van der Waals surface area contributed by atoms with E-state index in [2.05, 4.69) is 27.0 Å². The first-order chi connectivity index (χ1) is 20.2. The lowest BCUT2D eigenvalue weighted by atomic mass is 9.81. The van der Waals surface area contributed by atoms with Gasteiger partial charge in [0.05, 0.1) is 12.3 Å². The fraction of sp³-hybridized carbons (Fsp3) is 0.586. The maximum Gasteiger partial charge on any atom is 0.397 e. The van der Waals surface area contributed by atoms with E-state index in [0.717, 1.165) is 6.42 Å². The Morgan fingerprint density at radius 2 is 1.93 bits per heavy atom. The van der Waals surface area contributed by atoms with Crippen LogP contribution < -0.4 is 20.7 Å². The number of nitrogens with one attached hydrogen (secondary N) is 3. The van der Waals surface area contributed by atoms with Crippen molar-refractivity contribution in [1.82, 2.24) is 20.5 Å². The summed E-state index contributed by atoms with van der Waals surface area (Å²) in [4.78, 5) is 58.0. The van der Waals surface area contributed by atoms with Crippen LogP contribution in [-0.2, 0) is 19.2 Å². The molecule has 230 valence electrons. The topological polar surface area (TPSA) is 154 Å². The molecule has 0 aromatic carbocycles. The Kier molecular flexibility index (Phi) is 7.87. The fourth-order valence-corrected chi connectivity index (χ4v) is 6.76. The summed E-state index contributed by atoms with van der Waals surface area (Å²) in [5.41, 5.74) is -0.589. The molecule has 43 heavy (non-hydrogen) atoms. The first-order valence-corrected chi connectivity index (χ1v) is 14.1. The number of alkyl halides is 3. The number of nitriles is 1. The first kappa shape index (κ1) is 30.3. The highest BCUT2D eigenvalue weighted by atomic mass is 19.4. The summed E-state index contributed by atoms with van der Waals surface area (Å²) in [5, 5.41) is 17.5. The lowest BCUT2D eigenvalue weighted by Gasteiger charge is -2.37. The number of halogens is 3. The Hall–Kier alpha value is -4.15. The molecule has 2 bridgehead atoms. The molecular formula is C29H33F3N6O5. The SMILES string of the molecule is CC(C)(C)[C@H](NC(=O)CC(F)(F)F)C(=O)N1C[C@H]2[C@@H]([C@H]1C(=O)N[C@H](C#N)C[C@@H]1Oc3ccncc3NC1=O)[C@H]1C=C[C@@H]2C1. The zero-order valence-corrected chi connectivity index (χ0v) is 23.9. The molecule has 4 aliphatic rings. The van der Waals surface area contributed by atoms with Crippen LogP contribution in [0.4, 0.5) is 18.9 Å². The van der Waals surface area contributed by atoms with Crippen molar-refractivity contribution in [3.63, 3.8) is 0 Å². The van der Waals surface area contributed by atoms with Crippen LogP contribution >= 0.6 is 0 Å². The third kappa shape index (κ3) is 6.16. The minimum Gasteiger partial charge on any atom is -0.478 e. The van der Waals surface area contributed by atoms with Gasteiger partial charge in [0, 0.05) is 25.2 Å². The van der Waals surface area contributed by atoms with E-state index in [1.54, 1.807) is 26.8 Å². The molecule has 2 aliphatic carbocycles. The molecule has 11 nitrogen and oxygen atoms in total. The largest absolute Gasteiger partial charge is 0.478 e. The van der Waals surface area contributed by atoms with Crippen molar-refractivity contribution in [2.75, 3.05) is 11.9 Å². The van der Waals surface area contributed by atoms with Gasteiger partial charge in [0.2, 0.25) is 17.7 Å². The second-order valence-corrected chi connectivity index (χ2v) is 12.7. The Labute approximate surface area is 246 Å². The van der Waals surface area contributed by atoms with E-state index in [0.29, 0.717) is 11.4 Å². The molecule has 1 saturated heterocycles. The summed E-state index contributed by atoms with van der Waals surface area (Å²) in [6.45, 7) is 5.05. The molecule has 0 unspecified atom stereocenters. The molecule has 8 atom stereocenters. The Bertz CT molecular complexity index is 1390. The molecule has 5 rings (SSSR count). The van der Waals surface area contributed by atoms with Crippen molar-refractivity contribution < 1.29 is 37.1 Å². The van der Waals surface area contributed by atoms with Crippen LogP contribution in [0, 0.1) is 40.4 Å². The Morgan fingerprint density at radius 1 is 1.21 bits per heavy atom. The summed E-state index contributed by atoms with van der Waals surface area (Å²) in [5.74, 6) is -2.92. The number of carbonyl (C=O) groups is 4. The average molecular weight is 603 g/mol. The third-order valence-corrected chi connectivity index (χ3v) is 8.65. The number of ether oxygens (including phenoxy) is 1. The number of hydrogen-bond donors (Lipinski definition) is 3. The van der Waals surface area contributed by atoms with Crippen LogP contribution in [-0.4, -0.2) is 70.5 Å². The number of aromatic nitrogens is 1. The molecule has 1 saturated carbocycles. The lowest BCUT2D eigenvalue weighted by molar-refractivity contribution is -0.157. The maximum atomic E-state index is 14.0. The van der Waals surface area contributed by atoms with Crippen molar-refractivity contribution in [2.45, 2.75) is 70.4 Å². The zero-order chi connectivity index (χ0) is 31.3. The number of amides is 4. The number of carbonyl (C=O) groups excluding carboxylic acids is 4. The highest BCUT2D eigenvalue weighted by Gasteiger charge is 2.59. The van der Waals surface area contributed by atoms with Gasteiger partial charge in [-0.25, -0.2) is 0 Å². The minimum absolute atomic E-state index is 0.00885. The molecule has 14 heteroatoms. The van der Waals surface area contributed by atoms with Crippen LogP contribution in [0.25, 0.3) is 0 Å². The van der Waals surface area contributed by atoms with Gasteiger partial charge in [-0.1, -0.05) is 32.9 Å². The molecule has 2 aliphatic heterocycles.